The number of benzene rings is 2. The van der Waals surface area contributed by atoms with Crippen LogP contribution >= 0.6 is 24.0 Å². The predicted molar refractivity (Wildman–Crippen MR) is 238 cm³/mol. The molecule has 0 bridgehead atoms. The molecule has 4 aromatic rings. The van der Waals surface area contributed by atoms with Gasteiger partial charge in [-0.25, -0.2) is 14.6 Å². The molecule has 4 aliphatic rings. The SMILES string of the molecule is Cn1c(C#N)ccc1-c1ccc2c(c1)C(C)(C)OC(=S)N2[C@@H]1O[C@H](C(=O)O)[C@@H](O)[C@H](O)[C@H]1O.Cn1c(C#N)ccc1-c1ccc2c(c1)C(C)(C)OC(S[C@@H]1O[C@H](C(=O)O)[C@@H](O)[C@H](O)[C@H]1O)=N2. The summed E-state index contributed by atoms with van der Waals surface area (Å²) in [4.78, 5) is 28.7. The van der Waals surface area contributed by atoms with E-state index >= 15 is 0 Å². The maximum Gasteiger partial charge on any atom is 0.335 e. The number of anilines is 1. The van der Waals surface area contributed by atoms with E-state index in [2.05, 4.69) is 17.1 Å². The van der Waals surface area contributed by atoms with Gasteiger partial charge in [0.15, 0.2) is 18.4 Å². The second-order valence-corrected chi connectivity index (χ2v) is 18.3. The number of thioether (sulfide) groups is 1. The third kappa shape index (κ3) is 8.64. The lowest BCUT2D eigenvalue weighted by Gasteiger charge is -2.48. The molecule has 0 saturated carbocycles. The van der Waals surface area contributed by atoms with Crippen molar-refractivity contribution in [3.63, 3.8) is 0 Å². The summed E-state index contributed by atoms with van der Waals surface area (Å²) in [6, 6.07) is 22.4. The minimum atomic E-state index is -1.82. The van der Waals surface area contributed by atoms with E-state index in [0.29, 0.717) is 28.3 Å². The molecule has 8 N–H and O–H groups in total. The number of thiocarbonyl (C=S) groups is 1. The lowest BCUT2D eigenvalue weighted by molar-refractivity contribution is -0.226. The summed E-state index contributed by atoms with van der Waals surface area (Å²) in [5.41, 5.74) is 4.01. The smallest absolute Gasteiger partial charge is 0.335 e. The third-order valence-electron chi connectivity index (χ3n) is 11.8. The van der Waals surface area contributed by atoms with E-state index in [1.807, 2.05) is 71.1 Å². The number of ether oxygens (including phenoxy) is 4. The highest BCUT2D eigenvalue weighted by Crippen LogP contribution is 2.45. The highest BCUT2D eigenvalue weighted by molar-refractivity contribution is 8.14. The number of carboxylic acids is 2. The first kappa shape index (κ1) is 48.1. The van der Waals surface area contributed by atoms with Gasteiger partial charge in [-0.3, -0.25) is 4.90 Å². The first-order valence-electron chi connectivity index (χ1n) is 20.2. The summed E-state index contributed by atoms with van der Waals surface area (Å²) in [5, 5.41) is 98.3. The fraction of sp³-hybridized carbons (Fsp3) is 0.409. The first-order chi connectivity index (χ1) is 31.0. The summed E-state index contributed by atoms with van der Waals surface area (Å²) in [7, 11) is 3.59. The number of aliphatic carboxylic acids is 2. The van der Waals surface area contributed by atoms with Crippen LogP contribution in [-0.2, 0) is 53.8 Å². The summed E-state index contributed by atoms with van der Waals surface area (Å²) in [5.74, 6) is -2.95. The molecule has 0 amide bonds. The number of aliphatic hydroxyl groups excluding tert-OH is 6. The molecule has 0 unspecified atom stereocenters. The van der Waals surface area contributed by atoms with Crippen molar-refractivity contribution in [2.24, 2.45) is 19.1 Å². The number of aliphatic hydroxyl groups is 6. The van der Waals surface area contributed by atoms with Gasteiger partial charge in [0.1, 0.15) is 76.8 Å². The van der Waals surface area contributed by atoms with Gasteiger partial charge in [-0.15, -0.1) is 0 Å². The van der Waals surface area contributed by atoms with Crippen LogP contribution in [0.4, 0.5) is 11.4 Å². The number of nitrogens with zero attached hydrogens (tertiary/aromatic N) is 6. The van der Waals surface area contributed by atoms with Gasteiger partial charge in [-0.2, -0.15) is 10.5 Å². The molecular formula is C44H46N6O14S2. The van der Waals surface area contributed by atoms with Crippen molar-refractivity contribution in [1.29, 1.82) is 10.5 Å². The Bertz CT molecular complexity index is 2700. The van der Waals surface area contributed by atoms with Crippen LogP contribution < -0.4 is 4.90 Å². The second-order valence-electron chi connectivity index (χ2n) is 16.9. The lowest BCUT2D eigenvalue weighted by atomic mass is 9.90. The molecule has 0 spiro atoms. The Morgan fingerprint density at radius 2 is 1.18 bits per heavy atom. The molecule has 4 aliphatic heterocycles. The molecule has 2 aromatic carbocycles. The topological polar surface area (TPSA) is 306 Å². The molecule has 8 rings (SSSR count). The summed E-state index contributed by atoms with van der Waals surface area (Å²) in [6.07, 6.45) is -15.2. The van der Waals surface area contributed by atoms with E-state index in [-0.39, 0.29) is 10.4 Å². The van der Waals surface area contributed by atoms with Gasteiger partial charge in [-0.05, 0) is 111 Å². The first-order valence-corrected chi connectivity index (χ1v) is 21.5. The average molecular weight is 947 g/mol. The predicted octanol–water partition coefficient (Wildman–Crippen LogP) is 2.25. The molecule has 66 heavy (non-hydrogen) atoms. The monoisotopic (exact) mass is 946 g/mol. The molecule has 0 aliphatic carbocycles. The van der Waals surface area contributed by atoms with Gasteiger partial charge in [-0.1, -0.05) is 12.1 Å². The Morgan fingerprint density at radius 1 is 0.682 bits per heavy atom. The molecule has 0 radical (unpaired) electrons. The normalized spacial score (nSPS) is 28.4. The molecular weight excluding hydrogens is 901 g/mol. The summed E-state index contributed by atoms with van der Waals surface area (Å²) >= 11 is 6.24. The fourth-order valence-corrected chi connectivity index (χ4v) is 9.62. The van der Waals surface area contributed by atoms with Crippen molar-refractivity contribution in [2.75, 3.05) is 4.90 Å². The van der Waals surface area contributed by atoms with Gasteiger partial charge < -0.3 is 68.9 Å². The molecule has 20 nitrogen and oxygen atoms in total. The van der Waals surface area contributed by atoms with E-state index in [1.165, 1.54) is 4.90 Å². The minimum Gasteiger partial charge on any atom is -0.479 e. The van der Waals surface area contributed by atoms with Crippen LogP contribution in [-0.4, -0.2) is 133 Å². The zero-order valence-corrected chi connectivity index (χ0v) is 37.7. The van der Waals surface area contributed by atoms with Crippen molar-refractivity contribution < 1.29 is 69.4 Å². The van der Waals surface area contributed by atoms with Crippen LogP contribution in [0.2, 0.25) is 0 Å². The van der Waals surface area contributed by atoms with Gasteiger partial charge in [0, 0.05) is 36.6 Å². The number of aromatic nitrogens is 2. The van der Waals surface area contributed by atoms with Gasteiger partial charge in [0.05, 0.1) is 11.4 Å². The minimum absolute atomic E-state index is 0.0809. The van der Waals surface area contributed by atoms with Crippen LogP contribution in [0.25, 0.3) is 22.5 Å². The Labute approximate surface area is 386 Å². The number of aliphatic imine (C=N–C) groups is 1. The number of fused-ring (bicyclic) bond motifs is 2. The Balaban J connectivity index is 0.000000196. The lowest BCUT2D eigenvalue weighted by Crippen LogP contribution is -2.66. The van der Waals surface area contributed by atoms with E-state index < -0.39 is 83.6 Å². The van der Waals surface area contributed by atoms with Gasteiger partial charge in [0.25, 0.3) is 10.4 Å². The zero-order valence-electron chi connectivity index (χ0n) is 36.1. The van der Waals surface area contributed by atoms with Crippen LogP contribution in [0, 0.1) is 22.7 Å². The van der Waals surface area contributed by atoms with Gasteiger partial charge >= 0.3 is 11.9 Å². The number of carboxylic acid groups (broad SMARTS) is 2. The van der Waals surface area contributed by atoms with E-state index in [9.17, 15) is 61.0 Å². The van der Waals surface area contributed by atoms with E-state index in [0.717, 1.165) is 39.8 Å². The standard InChI is InChI=1S/2C22H23N3O7S/c1-22(2)12-8-10(13-7-5-11(9-23)24(13)3)4-6-14(12)25(21(33)32-22)19-17(28)15(26)16(27)18(31-19)20(29)30;1-22(2)12-8-10(14-7-5-11(9-23)25(14)3)4-6-13(12)24-21(32-22)33-20-17(28)15(26)16(27)18(31-20)19(29)30/h4-8,15-19,26-28H,1-3H3,(H,29,30);4-8,15-18,20,26-28H,1-3H3,(H,29,30)/t15-,16-,17+,18-,19+;15-,16-,17+,18-,20-/m00/s1. The maximum absolute atomic E-state index is 11.6. The van der Waals surface area contributed by atoms with Crippen LogP contribution in [0.5, 0.6) is 0 Å². The Hall–Kier alpha value is -5.89. The second kappa shape index (κ2) is 18.1. The highest BCUT2D eigenvalue weighted by atomic mass is 32.2. The number of carbonyl (C=O) groups is 2. The summed E-state index contributed by atoms with van der Waals surface area (Å²) < 4.78 is 26.3. The molecule has 2 fully saturated rings. The molecule has 10 atom stereocenters. The van der Waals surface area contributed by atoms with Crippen LogP contribution in [0.1, 0.15) is 50.2 Å². The average Bonchev–Trinajstić information content (AvgIpc) is 3.83. The zero-order chi connectivity index (χ0) is 48.3. The maximum atomic E-state index is 11.6. The number of nitriles is 2. The van der Waals surface area contributed by atoms with Gasteiger partial charge in [0.2, 0.25) is 0 Å². The molecule has 2 saturated heterocycles. The molecule has 6 heterocycles. The van der Waals surface area contributed by atoms with Crippen LogP contribution in [0.15, 0.2) is 65.7 Å². The van der Waals surface area contributed by atoms with E-state index in [4.69, 9.17) is 31.2 Å². The summed E-state index contributed by atoms with van der Waals surface area (Å²) in [6.45, 7) is 7.30. The number of hydrogen-bond donors (Lipinski definition) is 8. The van der Waals surface area contributed by atoms with Crippen LogP contribution in [0.3, 0.4) is 0 Å². The van der Waals surface area contributed by atoms with Crippen molar-refractivity contribution in [3.8, 4) is 34.7 Å². The number of hydrogen-bond acceptors (Lipinski definition) is 17. The Kier molecular flexibility index (Phi) is 13.2. The van der Waals surface area contributed by atoms with E-state index in [1.54, 1.807) is 40.4 Å². The molecule has 22 heteroatoms. The molecule has 2 aromatic heterocycles. The number of rotatable bonds is 6. The van der Waals surface area contributed by atoms with Crippen molar-refractivity contribution >= 4 is 57.7 Å². The third-order valence-corrected chi connectivity index (χ3v) is 13.1. The van der Waals surface area contributed by atoms with Crippen molar-refractivity contribution in [2.45, 2.75) is 99.4 Å². The Morgan fingerprint density at radius 3 is 1.71 bits per heavy atom. The molecule has 348 valence electrons. The van der Waals surface area contributed by atoms with Crippen molar-refractivity contribution in [3.05, 3.63) is 83.2 Å². The fourth-order valence-electron chi connectivity index (χ4n) is 8.12. The van der Waals surface area contributed by atoms with Crippen molar-refractivity contribution in [1.82, 2.24) is 9.13 Å². The highest BCUT2D eigenvalue weighted by Gasteiger charge is 2.52. The quantitative estimate of drug-likeness (QED) is 0.129. The largest absolute Gasteiger partial charge is 0.479 e.